The van der Waals surface area contributed by atoms with Gasteiger partial charge in [0, 0.05) is 6.20 Å². The summed E-state index contributed by atoms with van der Waals surface area (Å²) >= 11 is 0. The maximum absolute atomic E-state index is 13.5. The van der Waals surface area contributed by atoms with Gasteiger partial charge in [-0.05, 0) is 61.4 Å². The molecule has 2 aromatic carbocycles. The first-order valence-electron chi connectivity index (χ1n) is 10.4. The zero-order valence-electron chi connectivity index (χ0n) is 18.0. The van der Waals surface area contributed by atoms with E-state index in [1.165, 1.54) is 10.5 Å². The van der Waals surface area contributed by atoms with Crippen molar-refractivity contribution in [3.63, 3.8) is 0 Å². The molecule has 0 fully saturated rings. The van der Waals surface area contributed by atoms with Crippen LogP contribution in [0.4, 0.5) is 0 Å². The normalized spacial score (nSPS) is 11.6. The van der Waals surface area contributed by atoms with Gasteiger partial charge in [-0.25, -0.2) is 4.98 Å². The fourth-order valence-electron chi connectivity index (χ4n) is 3.66. The van der Waals surface area contributed by atoms with Crippen molar-refractivity contribution < 1.29 is 4.74 Å². The standard InChI is InChI=1S/C26H19N5O2/c1-16-7-5-9-19(13-16)33-25-20(26(32)31-12-6-8-17(2)24(31)30-25)14-18(15-27)23-28-21-10-3-4-11-22(21)29-23/h3-14H,1-2H3,(H,28,29). The SMILES string of the molecule is Cc1cccc(Oc2nc3c(C)cccn3c(=O)c2C=C(C#N)c2nc3ccccc3[nH]2)c1. The number of benzene rings is 2. The highest BCUT2D eigenvalue weighted by Crippen LogP contribution is 2.27. The number of allylic oxidation sites excluding steroid dienone is 1. The predicted molar refractivity (Wildman–Crippen MR) is 127 cm³/mol. The van der Waals surface area contributed by atoms with E-state index in [4.69, 9.17) is 4.74 Å². The van der Waals surface area contributed by atoms with E-state index in [1.54, 1.807) is 18.3 Å². The number of H-pyrrole nitrogens is 1. The van der Waals surface area contributed by atoms with Gasteiger partial charge in [0.05, 0.1) is 16.6 Å². The summed E-state index contributed by atoms with van der Waals surface area (Å²) in [6.07, 6.45) is 3.13. The largest absolute Gasteiger partial charge is 0.438 e. The summed E-state index contributed by atoms with van der Waals surface area (Å²) in [6, 6.07) is 20.8. The highest BCUT2D eigenvalue weighted by Gasteiger charge is 2.17. The van der Waals surface area contributed by atoms with Crippen LogP contribution in [0.3, 0.4) is 0 Å². The van der Waals surface area contributed by atoms with Gasteiger partial charge in [-0.2, -0.15) is 10.2 Å². The Morgan fingerprint density at radius 3 is 2.73 bits per heavy atom. The molecule has 0 saturated carbocycles. The molecule has 0 amide bonds. The molecular formula is C26H19N5O2. The minimum absolute atomic E-state index is 0.128. The van der Waals surface area contributed by atoms with E-state index >= 15 is 0 Å². The van der Waals surface area contributed by atoms with Crippen LogP contribution in [-0.2, 0) is 0 Å². The predicted octanol–water partition coefficient (Wildman–Crippen LogP) is 5.04. The minimum atomic E-state index is -0.338. The number of nitrogens with one attached hydrogen (secondary N) is 1. The number of rotatable bonds is 4. The third-order valence-electron chi connectivity index (χ3n) is 5.31. The summed E-state index contributed by atoms with van der Waals surface area (Å²) < 4.78 is 7.52. The second-order valence-corrected chi connectivity index (χ2v) is 7.71. The fourth-order valence-corrected chi connectivity index (χ4v) is 3.66. The van der Waals surface area contributed by atoms with Crippen LogP contribution in [0.5, 0.6) is 11.6 Å². The van der Waals surface area contributed by atoms with Crippen molar-refractivity contribution in [1.29, 1.82) is 5.26 Å². The number of aryl methyl sites for hydroxylation is 2. The molecule has 1 N–H and O–H groups in total. The monoisotopic (exact) mass is 433 g/mol. The van der Waals surface area contributed by atoms with Gasteiger partial charge < -0.3 is 9.72 Å². The van der Waals surface area contributed by atoms with Gasteiger partial charge in [0.25, 0.3) is 5.56 Å². The van der Waals surface area contributed by atoms with Gasteiger partial charge in [-0.15, -0.1) is 0 Å². The number of fused-ring (bicyclic) bond motifs is 2. The molecule has 3 heterocycles. The van der Waals surface area contributed by atoms with E-state index < -0.39 is 0 Å². The van der Waals surface area contributed by atoms with Crippen molar-refractivity contribution in [3.8, 4) is 17.7 Å². The second-order valence-electron chi connectivity index (χ2n) is 7.71. The molecule has 33 heavy (non-hydrogen) atoms. The van der Waals surface area contributed by atoms with Crippen LogP contribution >= 0.6 is 0 Å². The quantitative estimate of drug-likeness (QED) is 0.400. The van der Waals surface area contributed by atoms with Crippen LogP contribution in [0.15, 0.2) is 71.7 Å². The lowest BCUT2D eigenvalue weighted by atomic mass is 10.1. The van der Waals surface area contributed by atoms with Crippen molar-refractivity contribution in [2.24, 2.45) is 0 Å². The molecule has 0 aliphatic rings. The molecule has 7 heteroatoms. The number of aromatic amines is 1. The number of hydrogen-bond acceptors (Lipinski definition) is 5. The van der Waals surface area contributed by atoms with Crippen LogP contribution in [0.2, 0.25) is 0 Å². The lowest BCUT2D eigenvalue weighted by molar-refractivity contribution is 0.460. The Morgan fingerprint density at radius 1 is 1.09 bits per heavy atom. The molecule has 0 spiro atoms. The molecule has 160 valence electrons. The first kappa shape index (κ1) is 20.2. The van der Waals surface area contributed by atoms with E-state index in [2.05, 4.69) is 21.0 Å². The number of pyridine rings is 1. The number of imidazole rings is 1. The smallest absolute Gasteiger partial charge is 0.269 e. The van der Waals surface area contributed by atoms with Crippen molar-refractivity contribution in [2.75, 3.05) is 0 Å². The number of hydrogen-bond donors (Lipinski definition) is 1. The third kappa shape index (κ3) is 3.75. The Labute approximate surface area is 189 Å². The Hall–Kier alpha value is -4.70. The maximum Gasteiger partial charge on any atom is 0.269 e. The average molecular weight is 433 g/mol. The lowest BCUT2D eigenvalue weighted by Crippen LogP contribution is -2.19. The topological polar surface area (TPSA) is 96.1 Å². The third-order valence-corrected chi connectivity index (χ3v) is 5.31. The van der Waals surface area contributed by atoms with Crippen LogP contribution in [-0.4, -0.2) is 19.4 Å². The first-order chi connectivity index (χ1) is 16.0. The van der Waals surface area contributed by atoms with E-state index in [0.29, 0.717) is 17.2 Å². The number of ether oxygens (including phenoxy) is 1. The number of nitriles is 1. The van der Waals surface area contributed by atoms with Crippen molar-refractivity contribution in [1.82, 2.24) is 19.4 Å². The van der Waals surface area contributed by atoms with Gasteiger partial charge in [0.2, 0.25) is 5.88 Å². The molecule has 0 saturated heterocycles. The Bertz CT molecular complexity index is 1620. The summed E-state index contributed by atoms with van der Waals surface area (Å²) in [5.41, 5.74) is 3.89. The van der Waals surface area contributed by atoms with Gasteiger partial charge >= 0.3 is 0 Å². The molecular weight excluding hydrogens is 414 g/mol. The molecule has 0 aliphatic carbocycles. The van der Waals surface area contributed by atoms with Crippen LogP contribution in [0, 0.1) is 25.2 Å². The summed E-state index contributed by atoms with van der Waals surface area (Å²) in [4.78, 5) is 25.7. The molecule has 0 radical (unpaired) electrons. The van der Waals surface area contributed by atoms with Gasteiger partial charge in [-0.3, -0.25) is 9.20 Å². The van der Waals surface area contributed by atoms with Crippen LogP contribution in [0.1, 0.15) is 22.5 Å². The number of nitrogens with zero attached hydrogens (tertiary/aromatic N) is 4. The van der Waals surface area contributed by atoms with Crippen molar-refractivity contribution in [3.05, 3.63) is 99.7 Å². The molecule has 5 rings (SSSR count). The maximum atomic E-state index is 13.5. The second kappa shape index (κ2) is 8.09. The fraction of sp³-hybridized carbons (Fsp3) is 0.0769. The molecule has 5 aromatic rings. The highest BCUT2D eigenvalue weighted by atomic mass is 16.5. The minimum Gasteiger partial charge on any atom is -0.438 e. The molecule has 7 nitrogen and oxygen atoms in total. The number of aromatic nitrogens is 4. The van der Waals surface area contributed by atoms with Crippen molar-refractivity contribution in [2.45, 2.75) is 13.8 Å². The molecule has 0 bridgehead atoms. The zero-order chi connectivity index (χ0) is 22.9. The van der Waals surface area contributed by atoms with Crippen molar-refractivity contribution >= 4 is 28.3 Å². The molecule has 0 atom stereocenters. The van der Waals surface area contributed by atoms with E-state index in [0.717, 1.165) is 22.2 Å². The summed E-state index contributed by atoms with van der Waals surface area (Å²) in [6.45, 7) is 3.83. The Balaban J connectivity index is 1.73. The van der Waals surface area contributed by atoms with Gasteiger partial charge in [0.1, 0.15) is 28.9 Å². The zero-order valence-corrected chi connectivity index (χ0v) is 18.0. The summed E-state index contributed by atoms with van der Waals surface area (Å²) in [7, 11) is 0. The average Bonchev–Trinajstić information content (AvgIpc) is 3.24. The molecule has 0 aliphatic heterocycles. The first-order valence-corrected chi connectivity index (χ1v) is 10.4. The molecule has 0 unspecified atom stereocenters. The van der Waals surface area contributed by atoms with E-state index in [9.17, 15) is 10.1 Å². The van der Waals surface area contributed by atoms with Crippen LogP contribution < -0.4 is 10.3 Å². The highest BCUT2D eigenvalue weighted by molar-refractivity contribution is 5.91. The summed E-state index contributed by atoms with van der Waals surface area (Å²) in [5.74, 6) is 1.05. The molecule has 3 aromatic heterocycles. The number of para-hydroxylation sites is 2. The van der Waals surface area contributed by atoms with Crippen LogP contribution in [0.25, 0.3) is 28.3 Å². The van der Waals surface area contributed by atoms with Gasteiger partial charge in [-0.1, -0.05) is 30.3 Å². The Kier molecular flexibility index (Phi) is 4.96. The van der Waals surface area contributed by atoms with Gasteiger partial charge in [0.15, 0.2) is 0 Å². The van der Waals surface area contributed by atoms with E-state index in [-0.39, 0.29) is 22.6 Å². The summed E-state index contributed by atoms with van der Waals surface area (Å²) in [5, 5.41) is 9.88. The van der Waals surface area contributed by atoms with E-state index in [1.807, 2.05) is 62.4 Å². The lowest BCUT2D eigenvalue weighted by Gasteiger charge is -2.11. The Morgan fingerprint density at radius 2 is 1.94 bits per heavy atom.